The molecule has 0 aliphatic carbocycles. The molecule has 2 aromatic heterocycles. The highest BCUT2D eigenvalue weighted by atomic mass is 28.3. The number of rotatable bonds is 14. The number of fused-ring (bicyclic) bond motifs is 4. The zero-order valence-corrected chi connectivity index (χ0v) is 53.9. The summed E-state index contributed by atoms with van der Waals surface area (Å²) >= 11 is 0. The summed E-state index contributed by atoms with van der Waals surface area (Å²) in [6.07, 6.45) is 4.39. The van der Waals surface area contributed by atoms with Crippen LogP contribution < -0.4 is 9.80 Å². The Morgan fingerprint density at radius 3 is 0.916 bits per heavy atom. The molecule has 3 heterocycles. The van der Waals surface area contributed by atoms with Gasteiger partial charge in [0.2, 0.25) is 0 Å². The van der Waals surface area contributed by atoms with Gasteiger partial charge in [0, 0.05) is 57.3 Å². The van der Waals surface area contributed by atoms with Gasteiger partial charge in [-0.05, 0) is 197 Å². The molecule has 5 heteroatoms. The Hall–Kier alpha value is -12.0. The van der Waals surface area contributed by atoms with Crippen molar-refractivity contribution in [2.75, 3.05) is 9.80 Å². The summed E-state index contributed by atoms with van der Waals surface area (Å²) in [7, 11) is -2.64. The summed E-state index contributed by atoms with van der Waals surface area (Å²) in [5, 5.41) is 10.1. The summed E-state index contributed by atoms with van der Waals surface area (Å²) in [5.41, 5.74) is 23.5. The Morgan fingerprint density at radius 2 is 0.526 bits per heavy atom. The van der Waals surface area contributed by atoms with E-state index >= 15 is 0 Å². The predicted octanol–water partition coefficient (Wildman–Crippen LogP) is 24.5. The van der Waals surface area contributed by atoms with E-state index in [4.69, 9.17) is 0 Å². The highest BCUT2D eigenvalue weighted by Crippen LogP contribution is 2.56. The maximum absolute atomic E-state index is 2.64. The average Bonchev–Trinajstić information content (AvgIpc) is 1.56. The van der Waals surface area contributed by atoms with E-state index in [2.05, 4.69) is 396 Å². The van der Waals surface area contributed by atoms with E-state index in [0.29, 0.717) is 0 Å². The van der Waals surface area contributed by atoms with Gasteiger partial charge < -0.3 is 18.9 Å². The van der Waals surface area contributed by atoms with Crippen molar-refractivity contribution in [1.82, 2.24) is 9.13 Å². The summed E-state index contributed by atoms with van der Waals surface area (Å²) < 4.78 is 4.61. The van der Waals surface area contributed by atoms with Crippen molar-refractivity contribution >= 4 is 107 Å². The molecular formula is C90H66N4Si. The summed E-state index contributed by atoms with van der Waals surface area (Å²) in [6, 6.07) is 129. The largest absolute Gasteiger partial charge is 0.317 e. The van der Waals surface area contributed by atoms with Crippen LogP contribution in [-0.4, -0.2) is 17.2 Å². The molecule has 0 spiro atoms. The molecular weight excluding hydrogens is 1170 g/mol. The number of anilines is 6. The van der Waals surface area contributed by atoms with Gasteiger partial charge in [0.1, 0.15) is 8.07 Å². The Kier molecular flexibility index (Phi) is 14.3. The zero-order chi connectivity index (χ0) is 63.4. The molecule has 1 aliphatic heterocycles. The van der Waals surface area contributed by atoms with Gasteiger partial charge >= 0.3 is 0 Å². The molecule has 1 aliphatic rings. The average molecular weight is 1230 g/mol. The van der Waals surface area contributed by atoms with E-state index in [9.17, 15) is 0 Å². The van der Waals surface area contributed by atoms with Gasteiger partial charge in [-0.25, -0.2) is 0 Å². The lowest BCUT2D eigenvalue weighted by Crippen LogP contribution is -2.28. The molecule has 0 saturated heterocycles. The van der Waals surface area contributed by atoms with Crippen LogP contribution in [0.4, 0.5) is 34.1 Å². The molecule has 0 bridgehead atoms. The minimum atomic E-state index is -2.64. The standard InChI is InChI=1S/C90H66N4Si/c1-95(2)89(73-39-35-63(36-40-73)65-43-55-79(56-44-65)93(77-25-5-3-6-26-77)85-33-17-23-67-19-9-13-29-81(67)85)87(71-47-51-75(52-48-71)91-61-59-69-21-11-15-31-83(69)91)88(72-49-53-76(54-50-72)92-62-60-70-22-12-16-32-84(70)92)90(95)74-41-37-64(38-42-74)66-45-57-80(58-46-66)94(78-27-7-4-8-28-78)86-34-18-24-68-20-10-14-30-82(68)86/h3-62H,1-2H3. The van der Waals surface area contributed by atoms with Crippen molar-refractivity contribution in [2.24, 2.45) is 0 Å². The van der Waals surface area contributed by atoms with Crippen LogP contribution in [0, 0.1) is 0 Å². The molecule has 0 amide bonds. The lowest BCUT2D eigenvalue weighted by atomic mass is 9.88. The second kappa shape index (κ2) is 23.9. The van der Waals surface area contributed by atoms with E-state index < -0.39 is 8.07 Å². The maximum atomic E-state index is 2.58. The van der Waals surface area contributed by atoms with Gasteiger partial charge in [-0.3, -0.25) is 0 Å². The van der Waals surface area contributed by atoms with Crippen LogP contribution in [0.5, 0.6) is 0 Å². The molecule has 14 aromatic carbocycles. The van der Waals surface area contributed by atoms with Crippen LogP contribution in [0.25, 0.3) is 98.5 Å². The fourth-order valence-corrected chi connectivity index (χ4v) is 18.7. The number of para-hydroxylation sites is 4. The minimum absolute atomic E-state index is 1.10. The van der Waals surface area contributed by atoms with E-state index in [1.54, 1.807) is 0 Å². The van der Waals surface area contributed by atoms with E-state index in [-0.39, 0.29) is 0 Å². The van der Waals surface area contributed by atoms with Crippen LogP contribution in [0.2, 0.25) is 13.1 Å². The van der Waals surface area contributed by atoms with Gasteiger partial charge in [0.05, 0.1) is 22.4 Å². The van der Waals surface area contributed by atoms with Crippen LogP contribution in [0.15, 0.2) is 364 Å². The fourth-order valence-electron chi connectivity index (χ4n) is 14.9. The Labute approximate surface area is 555 Å². The number of aromatic nitrogens is 2. The number of allylic oxidation sites excluding steroid dienone is 2. The third kappa shape index (κ3) is 10.3. The maximum Gasteiger partial charge on any atom is 0.115 e. The van der Waals surface area contributed by atoms with Crippen molar-refractivity contribution in [3.05, 3.63) is 386 Å². The lowest BCUT2D eigenvalue weighted by molar-refractivity contribution is 1.13. The van der Waals surface area contributed by atoms with Crippen molar-refractivity contribution < 1.29 is 0 Å². The Balaban J connectivity index is 0.784. The molecule has 0 fully saturated rings. The topological polar surface area (TPSA) is 16.3 Å². The second-order valence-electron chi connectivity index (χ2n) is 25.3. The summed E-state index contributed by atoms with van der Waals surface area (Å²) in [6.45, 7) is 5.15. The quantitative estimate of drug-likeness (QED) is 0.101. The minimum Gasteiger partial charge on any atom is -0.317 e. The fraction of sp³-hybridized carbons (Fsp3) is 0.0222. The van der Waals surface area contributed by atoms with Crippen LogP contribution in [0.3, 0.4) is 0 Å². The molecule has 0 N–H and O–H groups in total. The molecule has 0 unspecified atom stereocenters. The first-order valence-electron chi connectivity index (χ1n) is 32.8. The smallest absolute Gasteiger partial charge is 0.115 e. The van der Waals surface area contributed by atoms with E-state index in [1.807, 2.05) is 0 Å². The van der Waals surface area contributed by atoms with Crippen molar-refractivity contribution in [3.8, 4) is 33.6 Å². The van der Waals surface area contributed by atoms with Crippen LogP contribution >= 0.6 is 0 Å². The first kappa shape index (κ1) is 56.9. The van der Waals surface area contributed by atoms with Crippen LogP contribution in [-0.2, 0) is 0 Å². The molecule has 95 heavy (non-hydrogen) atoms. The van der Waals surface area contributed by atoms with Gasteiger partial charge in [-0.1, -0.05) is 256 Å². The number of hydrogen-bond donors (Lipinski definition) is 0. The normalized spacial score (nSPS) is 12.9. The van der Waals surface area contributed by atoms with E-state index in [0.717, 1.165) is 45.5 Å². The first-order valence-corrected chi connectivity index (χ1v) is 35.8. The Bertz CT molecular complexity index is 5210. The monoisotopic (exact) mass is 1230 g/mol. The number of nitrogens with zero attached hydrogens (tertiary/aromatic N) is 4. The second-order valence-corrected chi connectivity index (χ2v) is 29.5. The molecule has 16 aromatic rings. The highest BCUT2D eigenvalue weighted by Gasteiger charge is 2.44. The summed E-state index contributed by atoms with van der Waals surface area (Å²) in [5.74, 6) is 0. The van der Waals surface area contributed by atoms with Gasteiger partial charge in [0.15, 0.2) is 0 Å². The molecule has 0 radical (unpaired) electrons. The van der Waals surface area contributed by atoms with Crippen molar-refractivity contribution in [2.45, 2.75) is 13.1 Å². The first-order chi connectivity index (χ1) is 46.9. The molecule has 17 rings (SSSR count). The lowest BCUT2D eigenvalue weighted by Gasteiger charge is -2.27. The summed E-state index contributed by atoms with van der Waals surface area (Å²) in [4.78, 5) is 4.75. The van der Waals surface area contributed by atoms with Gasteiger partial charge in [-0.15, -0.1) is 0 Å². The van der Waals surface area contributed by atoms with Crippen LogP contribution in [0.1, 0.15) is 22.3 Å². The Morgan fingerprint density at radius 1 is 0.232 bits per heavy atom. The number of benzene rings is 14. The zero-order valence-electron chi connectivity index (χ0n) is 52.9. The third-order valence-corrected chi connectivity index (χ3v) is 23.0. The van der Waals surface area contributed by atoms with E-state index in [1.165, 1.54) is 109 Å². The molecule has 4 nitrogen and oxygen atoms in total. The number of hydrogen-bond acceptors (Lipinski definition) is 2. The van der Waals surface area contributed by atoms with Crippen molar-refractivity contribution in [3.63, 3.8) is 0 Å². The highest BCUT2D eigenvalue weighted by molar-refractivity contribution is 7.13. The molecule has 0 saturated carbocycles. The third-order valence-electron chi connectivity index (χ3n) is 19.4. The predicted molar refractivity (Wildman–Crippen MR) is 406 cm³/mol. The van der Waals surface area contributed by atoms with Gasteiger partial charge in [-0.2, -0.15) is 0 Å². The SMILES string of the molecule is C[Si]1(C)C(c2ccc(-c3ccc(N(c4ccccc4)c4cccc5ccccc45)cc3)cc2)=C(c2ccc(-n3ccc4ccccc43)cc2)C(c2ccc(-n3ccc4ccccc43)cc2)=C1c1ccc(-c2ccc(N(c3ccccc3)c3cccc4ccccc34)cc2)cc1. The van der Waals surface area contributed by atoms with Gasteiger partial charge in [0.25, 0.3) is 0 Å². The molecule has 0 atom stereocenters. The molecule has 450 valence electrons. The van der Waals surface area contributed by atoms with Crippen molar-refractivity contribution in [1.29, 1.82) is 0 Å².